The van der Waals surface area contributed by atoms with Crippen LogP contribution in [0.3, 0.4) is 0 Å². The molecule has 0 bridgehead atoms. The normalized spacial score (nSPS) is 21.4. The second-order valence-electron chi connectivity index (χ2n) is 6.40. The fourth-order valence-electron chi connectivity index (χ4n) is 2.15. The first-order chi connectivity index (χ1) is 9.19. The van der Waals surface area contributed by atoms with Crippen LogP contribution in [0.2, 0.25) is 0 Å². The summed E-state index contributed by atoms with van der Waals surface area (Å²) >= 11 is 0. The van der Waals surface area contributed by atoms with Crippen LogP contribution in [-0.4, -0.2) is 53.3 Å². The summed E-state index contributed by atoms with van der Waals surface area (Å²) in [5.41, 5.74) is -0.486. The third kappa shape index (κ3) is 5.77. The number of carboxylic acids is 1. The number of carbonyl (C=O) groups excluding carboxylic acids is 1. The molecule has 0 aromatic rings. The summed E-state index contributed by atoms with van der Waals surface area (Å²) in [4.78, 5) is 24.5. The number of nitrogens with one attached hydrogen (secondary N) is 1. The molecule has 1 saturated heterocycles. The van der Waals surface area contributed by atoms with Crippen LogP contribution in [0.5, 0.6) is 0 Å². The predicted octanol–water partition coefficient (Wildman–Crippen LogP) is 1.70. The number of carbonyl (C=O) groups is 2. The van der Waals surface area contributed by atoms with Crippen molar-refractivity contribution in [2.45, 2.75) is 52.2 Å². The number of amides is 1. The Kier molecular flexibility index (Phi) is 5.80. The number of rotatable bonds is 4. The van der Waals surface area contributed by atoms with Gasteiger partial charge >= 0.3 is 12.1 Å². The summed E-state index contributed by atoms with van der Waals surface area (Å²) in [7, 11) is 0. The molecule has 0 aromatic carbocycles. The van der Waals surface area contributed by atoms with E-state index in [-0.39, 0.29) is 12.0 Å². The van der Waals surface area contributed by atoms with Gasteiger partial charge in [-0.15, -0.1) is 0 Å². The molecule has 0 saturated carbocycles. The quantitative estimate of drug-likeness (QED) is 0.822. The van der Waals surface area contributed by atoms with Crippen molar-refractivity contribution in [3.8, 4) is 0 Å². The molecule has 0 aliphatic carbocycles. The molecule has 1 aliphatic heterocycles. The van der Waals surface area contributed by atoms with Crippen LogP contribution in [0.25, 0.3) is 0 Å². The van der Waals surface area contributed by atoms with E-state index in [1.807, 2.05) is 20.8 Å². The number of ether oxygens (including phenoxy) is 1. The first-order valence-electron chi connectivity index (χ1n) is 7.13. The van der Waals surface area contributed by atoms with E-state index in [4.69, 9.17) is 9.84 Å². The van der Waals surface area contributed by atoms with Crippen LogP contribution < -0.4 is 5.32 Å². The van der Waals surface area contributed by atoms with Gasteiger partial charge < -0.3 is 20.1 Å². The molecule has 0 radical (unpaired) electrons. The van der Waals surface area contributed by atoms with Gasteiger partial charge in [-0.1, -0.05) is 0 Å². The van der Waals surface area contributed by atoms with Crippen molar-refractivity contribution in [3.05, 3.63) is 0 Å². The molecule has 2 N–H and O–H groups in total. The van der Waals surface area contributed by atoms with E-state index < -0.39 is 17.6 Å². The predicted molar refractivity (Wildman–Crippen MR) is 75.6 cm³/mol. The number of aliphatic carboxylic acids is 1. The highest BCUT2D eigenvalue weighted by atomic mass is 16.6. The monoisotopic (exact) mass is 286 g/mol. The molecule has 20 heavy (non-hydrogen) atoms. The van der Waals surface area contributed by atoms with Crippen molar-refractivity contribution in [1.29, 1.82) is 0 Å². The zero-order valence-corrected chi connectivity index (χ0v) is 12.8. The van der Waals surface area contributed by atoms with Crippen molar-refractivity contribution in [3.63, 3.8) is 0 Å². The maximum Gasteiger partial charge on any atom is 0.410 e. The Morgan fingerprint density at radius 1 is 1.45 bits per heavy atom. The highest BCUT2D eigenvalue weighted by Gasteiger charge is 2.27. The molecule has 0 spiro atoms. The Hall–Kier alpha value is -1.30. The molecule has 1 fully saturated rings. The fraction of sp³-hybridized carbons (Fsp3) is 0.857. The molecule has 116 valence electrons. The maximum atomic E-state index is 12.0. The van der Waals surface area contributed by atoms with E-state index in [1.165, 1.54) is 0 Å². The van der Waals surface area contributed by atoms with Gasteiger partial charge in [-0.05, 0) is 46.5 Å². The zero-order valence-electron chi connectivity index (χ0n) is 12.8. The van der Waals surface area contributed by atoms with Crippen molar-refractivity contribution in [1.82, 2.24) is 10.2 Å². The molecule has 1 aliphatic rings. The van der Waals surface area contributed by atoms with Crippen LogP contribution in [0.15, 0.2) is 0 Å². The molecule has 2 unspecified atom stereocenters. The summed E-state index contributed by atoms with van der Waals surface area (Å²) in [5, 5.41) is 11.8. The van der Waals surface area contributed by atoms with Crippen molar-refractivity contribution >= 4 is 12.1 Å². The Morgan fingerprint density at radius 3 is 2.65 bits per heavy atom. The van der Waals surface area contributed by atoms with Crippen LogP contribution >= 0.6 is 0 Å². The average molecular weight is 286 g/mol. The summed E-state index contributed by atoms with van der Waals surface area (Å²) in [6, 6.07) is -0.563. The van der Waals surface area contributed by atoms with Gasteiger partial charge in [-0.25, -0.2) is 4.79 Å². The standard InChI is InChI=1S/C14H26N2O4/c1-10(12(17)18)15-8-11-6-5-7-16(9-11)13(19)20-14(2,3)4/h10-11,15H,5-9H2,1-4H3,(H,17,18). The number of likely N-dealkylation sites (tertiary alicyclic amines) is 1. The van der Waals surface area contributed by atoms with Gasteiger partial charge in [0, 0.05) is 19.6 Å². The lowest BCUT2D eigenvalue weighted by Crippen LogP contribution is -2.46. The third-order valence-corrected chi connectivity index (χ3v) is 3.25. The second-order valence-corrected chi connectivity index (χ2v) is 6.40. The van der Waals surface area contributed by atoms with Crippen LogP contribution in [-0.2, 0) is 9.53 Å². The van der Waals surface area contributed by atoms with Gasteiger partial charge in [0.25, 0.3) is 0 Å². The minimum atomic E-state index is -0.857. The zero-order chi connectivity index (χ0) is 15.3. The highest BCUT2D eigenvalue weighted by molar-refractivity contribution is 5.72. The average Bonchev–Trinajstić information content (AvgIpc) is 2.34. The lowest BCUT2D eigenvalue weighted by atomic mass is 9.98. The Balaban J connectivity index is 2.42. The first-order valence-corrected chi connectivity index (χ1v) is 7.13. The van der Waals surface area contributed by atoms with Gasteiger partial charge in [-0.2, -0.15) is 0 Å². The molecule has 0 aromatic heterocycles. The first kappa shape index (κ1) is 16.8. The van der Waals surface area contributed by atoms with Gasteiger partial charge in [0.1, 0.15) is 11.6 Å². The van der Waals surface area contributed by atoms with Gasteiger partial charge in [0.15, 0.2) is 0 Å². The summed E-state index contributed by atoms with van der Waals surface area (Å²) < 4.78 is 5.36. The van der Waals surface area contributed by atoms with Crippen molar-refractivity contribution in [2.75, 3.05) is 19.6 Å². The Bertz CT molecular complexity index is 352. The minimum absolute atomic E-state index is 0.276. The summed E-state index contributed by atoms with van der Waals surface area (Å²) in [6.07, 6.45) is 1.64. The smallest absolute Gasteiger partial charge is 0.410 e. The lowest BCUT2D eigenvalue weighted by Gasteiger charge is -2.34. The van der Waals surface area contributed by atoms with Crippen molar-refractivity contribution in [2.24, 2.45) is 5.92 Å². The molecule has 1 amide bonds. The van der Waals surface area contributed by atoms with Gasteiger partial charge in [0.2, 0.25) is 0 Å². The third-order valence-electron chi connectivity index (χ3n) is 3.25. The van der Waals surface area contributed by atoms with Gasteiger partial charge in [0.05, 0.1) is 0 Å². The van der Waals surface area contributed by atoms with E-state index in [1.54, 1.807) is 11.8 Å². The molecule has 6 heteroatoms. The van der Waals surface area contributed by atoms with E-state index in [2.05, 4.69) is 5.32 Å². The Labute approximate surface area is 120 Å². The Morgan fingerprint density at radius 2 is 2.10 bits per heavy atom. The van der Waals surface area contributed by atoms with E-state index >= 15 is 0 Å². The minimum Gasteiger partial charge on any atom is -0.480 e. The van der Waals surface area contributed by atoms with Crippen LogP contribution in [0.4, 0.5) is 4.79 Å². The maximum absolute atomic E-state index is 12.0. The second kappa shape index (κ2) is 6.92. The van der Waals surface area contributed by atoms with E-state index in [0.717, 1.165) is 12.8 Å². The van der Waals surface area contributed by atoms with E-state index in [0.29, 0.717) is 19.6 Å². The highest BCUT2D eigenvalue weighted by Crippen LogP contribution is 2.18. The van der Waals surface area contributed by atoms with Gasteiger partial charge in [-0.3, -0.25) is 4.79 Å². The van der Waals surface area contributed by atoms with E-state index in [9.17, 15) is 9.59 Å². The number of carboxylic acid groups (broad SMARTS) is 1. The summed E-state index contributed by atoms with van der Waals surface area (Å²) in [6.45, 7) is 9.10. The summed E-state index contributed by atoms with van der Waals surface area (Å²) in [5.74, 6) is -0.581. The van der Waals surface area contributed by atoms with Crippen LogP contribution in [0, 0.1) is 5.92 Å². The molecule has 1 heterocycles. The number of hydrogen-bond acceptors (Lipinski definition) is 4. The number of piperidine rings is 1. The molecule has 2 atom stereocenters. The largest absolute Gasteiger partial charge is 0.480 e. The molecule has 1 rings (SSSR count). The lowest BCUT2D eigenvalue weighted by molar-refractivity contribution is -0.139. The number of hydrogen-bond donors (Lipinski definition) is 2. The SMILES string of the molecule is CC(NCC1CCCN(C(=O)OC(C)(C)C)C1)C(=O)O. The molecule has 6 nitrogen and oxygen atoms in total. The fourth-order valence-corrected chi connectivity index (χ4v) is 2.15. The topological polar surface area (TPSA) is 78.9 Å². The van der Waals surface area contributed by atoms with Crippen molar-refractivity contribution < 1.29 is 19.4 Å². The number of nitrogens with zero attached hydrogens (tertiary/aromatic N) is 1. The van der Waals surface area contributed by atoms with Crippen LogP contribution in [0.1, 0.15) is 40.5 Å². The molecular weight excluding hydrogens is 260 g/mol. The molecular formula is C14H26N2O4.